The van der Waals surface area contributed by atoms with Crippen LogP contribution in [0.5, 0.6) is 0 Å². The van der Waals surface area contributed by atoms with Gasteiger partial charge >= 0.3 is 0 Å². The van der Waals surface area contributed by atoms with E-state index in [4.69, 9.17) is 0 Å². The molecule has 1 aromatic rings. The molecule has 2 heterocycles. The van der Waals surface area contributed by atoms with Gasteiger partial charge in [-0.15, -0.1) is 0 Å². The first kappa shape index (κ1) is 19.6. The van der Waals surface area contributed by atoms with Crippen LogP contribution in [0.15, 0.2) is 16.9 Å². The van der Waals surface area contributed by atoms with E-state index in [-0.39, 0.29) is 11.5 Å². The molecule has 25 heavy (non-hydrogen) atoms. The Labute approximate surface area is 150 Å². The maximum absolute atomic E-state index is 12.5. The number of carbonyl (C=O) groups is 1. The third-order valence-electron chi connectivity index (χ3n) is 4.78. The fraction of sp³-hybridized carbons (Fsp3) is 0.722. The largest absolute Gasteiger partial charge is 0.349 e. The number of hydrogen-bond donors (Lipinski definition) is 1. The summed E-state index contributed by atoms with van der Waals surface area (Å²) in [6.07, 6.45) is 0.802. The van der Waals surface area contributed by atoms with E-state index in [9.17, 15) is 9.59 Å². The number of carbonyl (C=O) groups excluding carboxylic acids is 1. The van der Waals surface area contributed by atoms with Crippen molar-refractivity contribution in [2.45, 2.75) is 39.8 Å². The Morgan fingerprint density at radius 3 is 2.52 bits per heavy atom. The zero-order valence-corrected chi connectivity index (χ0v) is 15.9. The second-order valence-corrected chi connectivity index (χ2v) is 7.14. The van der Waals surface area contributed by atoms with Crippen molar-refractivity contribution in [1.29, 1.82) is 0 Å². The summed E-state index contributed by atoms with van der Waals surface area (Å²) in [5.74, 6) is 0.232. The quantitative estimate of drug-likeness (QED) is 0.783. The summed E-state index contributed by atoms with van der Waals surface area (Å²) in [6.45, 7) is 11.6. The molecule has 0 spiro atoms. The van der Waals surface area contributed by atoms with E-state index in [1.54, 1.807) is 0 Å². The summed E-state index contributed by atoms with van der Waals surface area (Å²) in [5, 5.41) is 7.18. The van der Waals surface area contributed by atoms with Crippen molar-refractivity contribution < 1.29 is 4.79 Å². The first-order chi connectivity index (χ1) is 11.9. The summed E-state index contributed by atoms with van der Waals surface area (Å²) < 4.78 is 1.36. The van der Waals surface area contributed by atoms with Crippen LogP contribution in [-0.2, 0) is 6.54 Å². The van der Waals surface area contributed by atoms with Gasteiger partial charge in [-0.05, 0) is 25.5 Å². The Morgan fingerprint density at radius 1 is 1.24 bits per heavy atom. The van der Waals surface area contributed by atoms with Gasteiger partial charge in [-0.1, -0.05) is 20.8 Å². The van der Waals surface area contributed by atoms with E-state index < -0.39 is 0 Å². The van der Waals surface area contributed by atoms with E-state index >= 15 is 0 Å². The Morgan fingerprint density at radius 2 is 1.92 bits per heavy atom. The molecule has 1 amide bonds. The normalized spacial score (nSPS) is 17.6. The number of hydrogen-bond acceptors (Lipinski definition) is 5. The summed E-state index contributed by atoms with van der Waals surface area (Å²) in [4.78, 5) is 29.0. The fourth-order valence-electron chi connectivity index (χ4n) is 3.17. The molecule has 7 nitrogen and oxygen atoms in total. The molecule has 1 atom stereocenters. The standard InChI is InChI=1S/C18H31N5O2/c1-5-8-23-17(24)7-6-15(20-23)18(25)19-13-16(14(2)3)22-11-9-21(4)10-12-22/h6-7,14,16H,5,8-13H2,1-4H3,(H,19,25). The second-order valence-electron chi connectivity index (χ2n) is 7.14. The average Bonchev–Trinajstić information content (AvgIpc) is 2.58. The summed E-state index contributed by atoms with van der Waals surface area (Å²) in [7, 11) is 2.14. The van der Waals surface area contributed by atoms with E-state index in [1.165, 1.54) is 16.8 Å². The van der Waals surface area contributed by atoms with Crippen LogP contribution >= 0.6 is 0 Å². The van der Waals surface area contributed by atoms with Gasteiger partial charge in [0.05, 0.1) is 0 Å². The minimum atomic E-state index is -0.218. The highest BCUT2D eigenvalue weighted by Crippen LogP contribution is 2.13. The Balaban J connectivity index is 1.99. The summed E-state index contributed by atoms with van der Waals surface area (Å²) in [6, 6.07) is 3.22. The Kier molecular flexibility index (Phi) is 7.13. The molecule has 1 fully saturated rings. The molecular formula is C18H31N5O2. The van der Waals surface area contributed by atoms with E-state index in [0.717, 1.165) is 32.6 Å². The van der Waals surface area contributed by atoms with Gasteiger partial charge in [0.1, 0.15) is 5.69 Å². The number of aromatic nitrogens is 2. The lowest BCUT2D eigenvalue weighted by atomic mass is 10.0. The number of nitrogens with zero attached hydrogens (tertiary/aromatic N) is 4. The first-order valence-electron chi connectivity index (χ1n) is 9.21. The van der Waals surface area contributed by atoms with Gasteiger partial charge in [0.15, 0.2) is 0 Å². The number of amides is 1. The predicted octanol–water partition coefficient (Wildman–Crippen LogP) is 0.655. The van der Waals surface area contributed by atoms with Gasteiger partial charge in [0.25, 0.3) is 11.5 Å². The number of rotatable bonds is 7. The maximum Gasteiger partial charge on any atom is 0.271 e. The van der Waals surface area contributed by atoms with Gasteiger partial charge < -0.3 is 10.2 Å². The van der Waals surface area contributed by atoms with Crippen LogP contribution < -0.4 is 10.9 Å². The lowest BCUT2D eigenvalue weighted by Crippen LogP contribution is -2.54. The summed E-state index contributed by atoms with van der Waals surface area (Å²) in [5.41, 5.74) is 0.129. The molecule has 1 aliphatic rings. The molecule has 0 aliphatic carbocycles. The van der Waals surface area contributed by atoms with Gasteiger partial charge in [0.2, 0.25) is 0 Å². The van der Waals surface area contributed by atoms with E-state index in [2.05, 4.69) is 41.1 Å². The molecule has 0 saturated carbocycles. The third kappa shape index (κ3) is 5.37. The van der Waals surface area contributed by atoms with Crippen molar-refractivity contribution in [2.75, 3.05) is 39.8 Å². The molecule has 1 aromatic heterocycles. The smallest absolute Gasteiger partial charge is 0.271 e. The molecule has 2 rings (SSSR count). The maximum atomic E-state index is 12.5. The highest BCUT2D eigenvalue weighted by atomic mass is 16.2. The lowest BCUT2D eigenvalue weighted by Gasteiger charge is -2.39. The average molecular weight is 349 g/mol. The second kappa shape index (κ2) is 9.10. The molecule has 7 heteroatoms. The molecule has 1 N–H and O–H groups in total. The van der Waals surface area contributed by atoms with Crippen molar-refractivity contribution >= 4 is 5.91 Å². The van der Waals surface area contributed by atoms with Crippen LogP contribution in [0.4, 0.5) is 0 Å². The fourth-order valence-corrected chi connectivity index (χ4v) is 3.17. The van der Waals surface area contributed by atoms with Crippen LogP contribution in [0.1, 0.15) is 37.7 Å². The zero-order chi connectivity index (χ0) is 18.4. The molecule has 0 aromatic carbocycles. The molecule has 0 radical (unpaired) electrons. The van der Waals surface area contributed by atoms with Crippen LogP contribution in [-0.4, -0.2) is 71.3 Å². The number of aryl methyl sites for hydroxylation is 1. The topological polar surface area (TPSA) is 70.5 Å². The van der Waals surface area contributed by atoms with Crippen LogP contribution in [0.3, 0.4) is 0 Å². The van der Waals surface area contributed by atoms with Crippen molar-refractivity contribution in [2.24, 2.45) is 5.92 Å². The number of likely N-dealkylation sites (N-methyl/N-ethyl adjacent to an activating group) is 1. The molecule has 0 bridgehead atoms. The molecule has 140 valence electrons. The van der Waals surface area contributed by atoms with Crippen molar-refractivity contribution in [1.82, 2.24) is 24.9 Å². The Bertz CT molecular complexity index is 620. The van der Waals surface area contributed by atoms with Crippen LogP contribution in [0.2, 0.25) is 0 Å². The highest BCUT2D eigenvalue weighted by Gasteiger charge is 2.25. The minimum Gasteiger partial charge on any atom is -0.349 e. The van der Waals surface area contributed by atoms with Crippen molar-refractivity contribution in [3.05, 3.63) is 28.2 Å². The van der Waals surface area contributed by atoms with Crippen LogP contribution in [0.25, 0.3) is 0 Å². The minimum absolute atomic E-state index is 0.170. The van der Waals surface area contributed by atoms with Crippen molar-refractivity contribution in [3.8, 4) is 0 Å². The summed E-state index contributed by atoms with van der Waals surface area (Å²) >= 11 is 0. The van der Waals surface area contributed by atoms with Gasteiger partial charge in [-0.2, -0.15) is 5.10 Å². The SMILES string of the molecule is CCCn1nc(C(=O)NCC(C(C)C)N2CCN(C)CC2)ccc1=O. The third-order valence-corrected chi connectivity index (χ3v) is 4.78. The van der Waals surface area contributed by atoms with Gasteiger partial charge in [0, 0.05) is 51.4 Å². The highest BCUT2D eigenvalue weighted by molar-refractivity contribution is 5.92. The zero-order valence-electron chi connectivity index (χ0n) is 15.9. The van der Waals surface area contributed by atoms with E-state index in [1.807, 2.05) is 6.92 Å². The molecule has 1 aliphatic heterocycles. The Hall–Kier alpha value is -1.73. The van der Waals surface area contributed by atoms with Gasteiger partial charge in [-0.25, -0.2) is 4.68 Å². The number of nitrogens with one attached hydrogen (secondary N) is 1. The number of piperazine rings is 1. The first-order valence-corrected chi connectivity index (χ1v) is 9.21. The van der Waals surface area contributed by atoms with Crippen LogP contribution in [0, 0.1) is 5.92 Å². The van der Waals surface area contributed by atoms with E-state index in [0.29, 0.717) is 30.7 Å². The molecule has 1 unspecified atom stereocenters. The molecular weight excluding hydrogens is 318 g/mol. The lowest BCUT2D eigenvalue weighted by molar-refractivity contribution is 0.0787. The monoisotopic (exact) mass is 349 g/mol. The van der Waals surface area contributed by atoms with Gasteiger partial charge in [-0.3, -0.25) is 14.5 Å². The predicted molar refractivity (Wildman–Crippen MR) is 98.8 cm³/mol. The van der Waals surface area contributed by atoms with Crippen molar-refractivity contribution in [3.63, 3.8) is 0 Å². The molecule has 1 saturated heterocycles.